The molecule has 0 amide bonds. The van der Waals surface area contributed by atoms with E-state index < -0.39 is 0 Å². The van der Waals surface area contributed by atoms with Crippen LogP contribution in [-0.4, -0.2) is 10.2 Å². The normalized spacial score (nSPS) is 13.2. The summed E-state index contributed by atoms with van der Waals surface area (Å²) in [6, 6.07) is 0. The van der Waals surface area contributed by atoms with Gasteiger partial charge >= 0.3 is 0 Å². The lowest BCUT2D eigenvalue weighted by molar-refractivity contribution is 0.592. The highest BCUT2D eigenvalue weighted by molar-refractivity contribution is 9.09. The second-order valence-electron chi connectivity index (χ2n) is 3.38. The summed E-state index contributed by atoms with van der Waals surface area (Å²) in [6.07, 6.45) is 9.72. The van der Waals surface area contributed by atoms with Gasteiger partial charge in [-0.2, -0.15) is 0 Å². The molecule has 0 rings (SSSR count). The van der Waals surface area contributed by atoms with Crippen LogP contribution >= 0.6 is 31.9 Å². The lowest BCUT2D eigenvalue weighted by atomic mass is 10.1. The highest BCUT2D eigenvalue weighted by Gasteiger charge is 1.95. The third-order valence-corrected chi connectivity index (χ3v) is 3.00. The number of hydrogen-bond donors (Lipinski definition) is 0. The van der Waals surface area contributed by atoms with Gasteiger partial charge in [-0.3, -0.25) is 0 Å². The molecule has 1 unspecified atom stereocenters. The molecule has 0 heterocycles. The fourth-order valence-corrected chi connectivity index (χ4v) is 1.95. The third kappa shape index (κ3) is 11.0. The summed E-state index contributed by atoms with van der Waals surface area (Å²) in [5.74, 6) is 0. The standard InChI is InChI=1S/C10H20Br2/c1-10(12)8-6-4-2-3-5-7-9-11/h10H,2-9H2,1H3. The summed E-state index contributed by atoms with van der Waals surface area (Å²) < 4.78 is 0. The van der Waals surface area contributed by atoms with E-state index in [-0.39, 0.29) is 0 Å². The molecule has 0 spiro atoms. The first-order valence-corrected chi connectivity index (χ1v) is 7.01. The average Bonchev–Trinajstić information content (AvgIpc) is 2.02. The molecule has 0 aliphatic carbocycles. The van der Waals surface area contributed by atoms with Crippen molar-refractivity contribution in [1.29, 1.82) is 0 Å². The van der Waals surface area contributed by atoms with E-state index in [1.165, 1.54) is 50.3 Å². The number of alkyl halides is 2. The molecule has 0 N–H and O–H groups in total. The summed E-state index contributed by atoms with van der Waals surface area (Å²) in [6.45, 7) is 2.23. The van der Waals surface area contributed by atoms with Crippen molar-refractivity contribution in [2.45, 2.75) is 56.7 Å². The van der Waals surface area contributed by atoms with Crippen LogP contribution in [0.4, 0.5) is 0 Å². The lowest BCUT2D eigenvalue weighted by Gasteiger charge is -2.02. The zero-order chi connectivity index (χ0) is 9.23. The summed E-state index contributed by atoms with van der Waals surface area (Å²) in [5, 5.41) is 1.17. The number of halogens is 2. The molecule has 0 radical (unpaired) electrons. The summed E-state index contributed by atoms with van der Waals surface area (Å²) in [5.41, 5.74) is 0. The SMILES string of the molecule is CC(Br)CCCCCCCCBr. The summed E-state index contributed by atoms with van der Waals surface area (Å²) in [7, 11) is 0. The molecule has 2 heteroatoms. The van der Waals surface area contributed by atoms with Gasteiger partial charge in [0.05, 0.1) is 0 Å². The quantitative estimate of drug-likeness (QED) is 0.442. The van der Waals surface area contributed by atoms with E-state index in [0.29, 0.717) is 4.83 Å². The van der Waals surface area contributed by atoms with E-state index in [4.69, 9.17) is 0 Å². The Morgan fingerprint density at radius 2 is 1.42 bits per heavy atom. The minimum absolute atomic E-state index is 0.708. The molecule has 0 aromatic carbocycles. The highest BCUT2D eigenvalue weighted by atomic mass is 79.9. The molecule has 0 aromatic heterocycles. The first-order chi connectivity index (χ1) is 5.77. The fourth-order valence-electron chi connectivity index (χ4n) is 1.23. The smallest absolute Gasteiger partial charge is 0.0117 e. The minimum Gasteiger partial charge on any atom is -0.0928 e. The van der Waals surface area contributed by atoms with Crippen molar-refractivity contribution < 1.29 is 0 Å². The second kappa shape index (κ2) is 10.0. The Labute approximate surface area is 93.8 Å². The molecule has 0 aliphatic rings. The molecule has 0 aliphatic heterocycles. The largest absolute Gasteiger partial charge is 0.0928 e. The molecule has 0 saturated heterocycles. The number of rotatable bonds is 8. The van der Waals surface area contributed by atoms with Gasteiger partial charge in [0.1, 0.15) is 0 Å². The van der Waals surface area contributed by atoms with Crippen LogP contribution in [0, 0.1) is 0 Å². The predicted octanol–water partition coefficient (Wildman–Crippen LogP) is 4.90. The Morgan fingerprint density at radius 1 is 0.917 bits per heavy atom. The maximum atomic E-state index is 3.56. The fraction of sp³-hybridized carbons (Fsp3) is 1.00. The molecule has 0 aromatic rings. The van der Waals surface area contributed by atoms with Crippen LogP contribution in [0.2, 0.25) is 0 Å². The lowest BCUT2D eigenvalue weighted by Crippen LogP contribution is -1.89. The summed E-state index contributed by atoms with van der Waals surface area (Å²) in [4.78, 5) is 0.708. The first kappa shape index (κ1) is 13.0. The molecule has 0 nitrogen and oxygen atoms in total. The van der Waals surface area contributed by atoms with E-state index in [0.717, 1.165) is 0 Å². The third-order valence-electron chi connectivity index (χ3n) is 1.99. The van der Waals surface area contributed by atoms with Crippen LogP contribution in [0.25, 0.3) is 0 Å². The maximum Gasteiger partial charge on any atom is 0.0117 e. The molecule has 0 fully saturated rings. The Hall–Kier alpha value is 0.960. The van der Waals surface area contributed by atoms with Crippen molar-refractivity contribution in [1.82, 2.24) is 0 Å². The molecule has 12 heavy (non-hydrogen) atoms. The number of hydrogen-bond acceptors (Lipinski definition) is 0. The molecule has 1 atom stereocenters. The van der Waals surface area contributed by atoms with Gasteiger partial charge in [-0.25, -0.2) is 0 Å². The Morgan fingerprint density at radius 3 is 1.92 bits per heavy atom. The van der Waals surface area contributed by atoms with Gasteiger partial charge in [0.2, 0.25) is 0 Å². The summed E-state index contributed by atoms with van der Waals surface area (Å²) >= 11 is 7.01. The van der Waals surface area contributed by atoms with Gasteiger partial charge in [-0.05, 0) is 12.8 Å². The monoisotopic (exact) mass is 298 g/mol. The molecular formula is C10H20Br2. The van der Waals surface area contributed by atoms with Crippen LogP contribution in [-0.2, 0) is 0 Å². The van der Waals surface area contributed by atoms with E-state index in [1.807, 2.05) is 0 Å². The first-order valence-electron chi connectivity index (χ1n) is 4.97. The van der Waals surface area contributed by atoms with Crippen LogP contribution in [0.15, 0.2) is 0 Å². The van der Waals surface area contributed by atoms with Crippen molar-refractivity contribution >= 4 is 31.9 Å². The van der Waals surface area contributed by atoms with Crippen LogP contribution < -0.4 is 0 Å². The second-order valence-corrected chi connectivity index (χ2v) is 5.74. The van der Waals surface area contributed by atoms with Gasteiger partial charge < -0.3 is 0 Å². The molecule has 74 valence electrons. The van der Waals surface area contributed by atoms with Crippen molar-refractivity contribution in [3.05, 3.63) is 0 Å². The van der Waals surface area contributed by atoms with Crippen LogP contribution in [0.5, 0.6) is 0 Å². The number of unbranched alkanes of at least 4 members (excludes halogenated alkanes) is 5. The zero-order valence-corrected chi connectivity index (χ0v) is 11.2. The van der Waals surface area contributed by atoms with E-state index in [9.17, 15) is 0 Å². The van der Waals surface area contributed by atoms with Crippen molar-refractivity contribution in [3.8, 4) is 0 Å². The van der Waals surface area contributed by atoms with E-state index >= 15 is 0 Å². The Balaban J connectivity index is 2.82. The van der Waals surface area contributed by atoms with Crippen molar-refractivity contribution in [2.24, 2.45) is 0 Å². The van der Waals surface area contributed by atoms with Gasteiger partial charge in [0.15, 0.2) is 0 Å². The minimum atomic E-state index is 0.708. The van der Waals surface area contributed by atoms with Crippen molar-refractivity contribution in [2.75, 3.05) is 5.33 Å². The van der Waals surface area contributed by atoms with Crippen LogP contribution in [0.1, 0.15) is 51.9 Å². The molecule has 0 bridgehead atoms. The van der Waals surface area contributed by atoms with E-state index in [1.54, 1.807) is 0 Å². The van der Waals surface area contributed by atoms with Gasteiger partial charge in [-0.1, -0.05) is 70.9 Å². The predicted molar refractivity (Wildman–Crippen MR) is 64.5 cm³/mol. The Bertz CT molecular complexity index is 81.9. The maximum absolute atomic E-state index is 3.56. The van der Waals surface area contributed by atoms with Crippen molar-refractivity contribution in [3.63, 3.8) is 0 Å². The zero-order valence-electron chi connectivity index (χ0n) is 7.99. The highest BCUT2D eigenvalue weighted by Crippen LogP contribution is 2.12. The van der Waals surface area contributed by atoms with Gasteiger partial charge in [0.25, 0.3) is 0 Å². The Kier molecular flexibility index (Phi) is 10.8. The van der Waals surface area contributed by atoms with Crippen LogP contribution in [0.3, 0.4) is 0 Å². The van der Waals surface area contributed by atoms with Gasteiger partial charge in [0, 0.05) is 10.2 Å². The molecular weight excluding hydrogens is 280 g/mol. The average molecular weight is 300 g/mol. The van der Waals surface area contributed by atoms with E-state index in [2.05, 4.69) is 38.8 Å². The molecule has 0 saturated carbocycles. The van der Waals surface area contributed by atoms with Gasteiger partial charge in [-0.15, -0.1) is 0 Å². The topological polar surface area (TPSA) is 0 Å².